The third kappa shape index (κ3) is 4.18. The maximum absolute atomic E-state index is 12.4. The van der Waals surface area contributed by atoms with Gasteiger partial charge in [0, 0.05) is 19.3 Å². The molecule has 144 valence electrons. The number of anilines is 1. The highest BCUT2D eigenvalue weighted by molar-refractivity contribution is 6.05. The molecule has 2 aliphatic rings. The Morgan fingerprint density at radius 3 is 2.26 bits per heavy atom. The number of esters is 1. The van der Waals surface area contributed by atoms with Crippen LogP contribution in [0.25, 0.3) is 0 Å². The number of hydrogen-bond acceptors (Lipinski definition) is 5. The summed E-state index contributed by atoms with van der Waals surface area (Å²) < 4.78 is 5.02. The first-order valence-electron chi connectivity index (χ1n) is 9.31. The summed E-state index contributed by atoms with van der Waals surface area (Å²) in [7, 11) is 1.61. The quantitative estimate of drug-likeness (QED) is 0.561. The fourth-order valence-electron chi connectivity index (χ4n) is 3.76. The van der Waals surface area contributed by atoms with Gasteiger partial charge < -0.3 is 9.64 Å². The number of rotatable bonds is 6. The van der Waals surface area contributed by atoms with Crippen LogP contribution < -0.4 is 4.90 Å². The molecule has 1 aliphatic carbocycles. The van der Waals surface area contributed by atoms with Crippen molar-refractivity contribution in [2.75, 3.05) is 25.1 Å². The summed E-state index contributed by atoms with van der Waals surface area (Å²) in [6, 6.07) is 9.03. The van der Waals surface area contributed by atoms with Gasteiger partial charge in [-0.05, 0) is 25.0 Å². The van der Waals surface area contributed by atoms with Gasteiger partial charge in [-0.15, -0.1) is 0 Å². The van der Waals surface area contributed by atoms with Crippen LogP contribution in [-0.2, 0) is 23.9 Å². The second-order valence-electron chi connectivity index (χ2n) is 7.02. The van der Waals surface area contributed by atoms with Crippen LogP contribution in [0.3, 0.4) is 0 Å². The van der Waals surface area contributed by atoms with Crippen LogP contribution in [-0.4, -0.2) is 48.8 Å². The number of benzene rings is 1. The Morgan fingerprint density at radius 2 is 1.67 bits per heavy atom. The molecule has 0 aromatic heterocycles. The van der Waals surface area contributed by atoms with E-state index in [4.69, 9.17) is 4.74 Å². The van der Waals surface area contributed by atoms with Crippen LogP contribution in [0.4, 0.5) is 5.69 Å². The van der Waals surface area contributed by atoms with Crippen molar-refractivity contribution in [1.29, 1.82) is 0 Å². The van der Waals surface area contributed by atoms with Crippen molar-refractivity contribution in [2.45, 2.75) is 32.1 Å². The van der Waals surface area contributed by atoms with Crippen molar-refractivity contribution in [1.82, 2.24) is 4.90 Å². The summed E-state index contributed by atoms with van der Waals surface area (Å²) in [5.41, 5.74) is 0.703. The van der Waals surface area contributed by atoms with Crippen LogP contribution in [0.2, 0.25) is 0 Å². The minimum atomic E-state index is -0.597. The molecular weight excluding hydrogens is 348 g/mol. The zero-order chi connectivity index (χ0) is 19.4. The van der Waals surface area contributed by atoms with Crippen LogP contribution in [0.5, 0.6) is 0 Å². The molecule has 3 amide bonds. The molecule has 1 saturated heterocycles. The predicted molar refractivity (Wildman–Crippen MR) is 97.6 cm³/mol. The SMILES string of the molecule is CN(C(=O)COC(=O)CCN1C(=O)[C@@H]2CCCC[C@H]2C1=O)c1ccccc1. The summed E-state index contributed by atoms with van der Waals surface area (Å²) in [4.78, 5) is 51.4. The molecule has 1 aliphatic heterocycles. The van der Waals surface area contributed by atoms with Gasteiger partial charge in [-0.3, -0.25) is 24.1 Å². The summed E-state index contributed by atoms with van der Waals surface area (Å²) >= 11 is 0. The fraction of sp³-hybridized carbons (Fsp3) is 0.500. The van der Waals surface area contributed by atoms with Gasteiger partial charge in [-0.2, -0.15) is 0 Å². The van der Waals surface area contributed by atoms with E-state index in [1.54, 1.807) is 19.2 Å². The van der Waals surface area contributed by atoms with Gasteiger partial charge in [0.1, 0.15) is 0 Å². The highest BCUT2D eigenvalue weighted by Gasteiger charge is 2.47. The van der Waals surface area contributed by atoms with E-state index in [2.05, 4.69) is 0 Å². The molecule has 27 heavy (non-hydrogen) atoms. The van der Waals surface area contributed by atoms with Gasteiger partial charge in [0.05, 0.1) is 18.3 Å². The Balaban J connectivity index is 1.45. The summed E-state index contributed by atoms with van der Waals surface area (Å²) in [5, 5.41) is 0. The average molecular weight is 372 g/mol. The second kappa shape index (κ2) is 8.33. The van der Waals surface area contributed by atoms with E-state index in [0.29, 0.717) is 5.69 Å². The van der Waals surface area contributed by atoms with E-state index in [-0.39, 0.29) is 49.1 Å². The Morgan fingerprint density at radius 1 is 1.07 bits per heavy atom. The molecule has 0 radical (unpaired) electrons. The summed E-state index contributed by atoms with van der Waals surface area (Å²) in [6.45, 7) is -0.358. The lowest BCUT2D eigenvalue weighted by molar-refractivity contribution is -0.149. The Kier molecular flexibility index (Phi) is 5.88. The van der Waals surface area contributed by atoms with Crippen LogP contribution in [0.1, 0.15) is 32.1 Å². The normalized spacial score (nSPS) is 21.7. The van der Waals surface area contributed by atoms with Gasteiger partial charge in [0.2, 0.25) is 11.8 Å². The molecule has 2 fully saturated rings. The van der Waals surface area contributed by atoms with E-state index in [9.17, 15) is 19.2 Å². The van der Waals surface area contributed by atoms with Gasteiger partial charge >= 0.3 is 5.97 Å². The Labute approximate surface area is 158 Å². The summed E-state index contributed by atoms with van der Waals surface area (Å²) in [6.07, 6.45) is 3.33. The summed E-state index contributed by atoms with van der Waals surface area (Å²) in [5.74, 6) is -1.73. The van der Waals surface area contributed by atoms with E-state index in [1.807, 2.05) is 18.2 Å². The predicted octanol–water partition coefficient (Wildman–Crippen LogP) is 1.76. The van der Waals surface area contributed by atoms with E-state index in [1.165, 1.54) is 9.80 Å². The topological polar surface area (TPSA) is 84.0 Å². The number of imide groups is 1. The number of hydrogen-bond donors (Lipinski definition) is 0. The van der Waals surface area contributed by atoms with Crippen molar-refractivity contribution in [3.63, 3.8) is 0 Å². The molecule has 2 atom stereocenters. The maximum atomic E-state index is 12.4. The molecule has 1 aromatic carbocycles. The minimum Gasteiger partial charge on any atom is -0.455 e. The number of nitrogens with zero attached hydrogens (tertiary/aromatic N) is 2. The molecular formula is C20H24N2O5. The molecule has 1 saturated carbocycles. The Hall–Kier alpha value is -2.70. The number of likely N-dealkylation sites (tertiary alicyclic amines) is 1. The molecule has 0 N–H and O–H groups in total. The number of carbonyl (C=O) groups excluding carboxylic acids is 4. The third-order valence-corrected chi connectivity index (χ3v) is 5.35. The van der Waals surface area contributed by atoms with Crippen molar-refractivity contribution in [3.8, 4) is 0 Å². The van der Waals surface area contributed by atoms with Gasteiger partial charge in [0.25, 0.3) is 5.91 Å². The maximum Gasteiger partial charge on any atom is 0.308 e. The molecule has 7 heteroatoms. The van der Waals surface area contributed by atoms with Crippen molar-refractivity contribution in [3.05, 3.63) is 30.3 Å². The minimum absolute atomic E-state index is 0.0201. The van der Waals surface area contributed by atoms with Gasteiger partial charge in [0.15, 0.2) is 6.61 Å². The van der Waals surface area contributed by atoms with E-state index >= 15 is 0 Å². The van der Waals surface area contributed by atoms with Crippen molar-refractivity contribution in [2.24, 2.45) is 11.8 Å². The average Bonchev–Trinajstić information content (AvgIpc) is 2.95. The first-order chi connectivity index (χ1) is 13.0. The number of fused-ring (bicyclic) bond motifs is 1. The van der Waals surface area contributed by atoms with Crippen LogP contribution in [0, 0.1) is 11.8 Å². The van der Waals surface area contributed by atoms with Crippen LogP contribution in [0.15, 0.2) is 30.3 Å². The zero-order valence-corrected chi connectivity index (χ0v) is 15.4. The highest BCUT2D eigenvalue weighted by Crippen LogP contribution is 2.37. The largest absolute Gasteiger partial charge is 0.455 e. The molecule has 1 heterocycles. The first-order valence-corrected chi connectivity index (χ1v) is 9.31. The third-order valence-electron chi connectivity index (χ3n) is 5.35. The van der Waals surface area contributed by atoms with E-state index in [0.717, 1.165) is 25.7 Å². The highest BCUT2D eigenvalue weighted by atomic mass is 16.5. The monoisotopic (exact) mass is 372 g/mol. The lowest BCUT2D eigenvalue weighted by atomic mass is 9.81. The molecule has 0 unspecified atom stereocenters. The van der Waals surface area contributed by atoms with Crippen LogP contribution >= 0.6 is 0 Å². The van der Waals surface area contributed by atoms with E-state index < -0.39 is 5.97 Å². The lowest BCUT2D eigenvalue weighted by Crippen LogP contribution is -2.34. The second-order valence-corrected chi connectivity index (χ2v) is 7.02. The number of amides is 3. The smallest absolute Gasteiger partial charge is 0.308 e. The standard InChI is InChI=1S/C20H24N2O5/c1-21(14-7-3-2-4-8-14)17(23)13-27-18(24)11-12-22-19(25)15-9-5-6-10-16(15)20(22)26/h2-4,7-8,15-16H,5-6,9-13H2,1H3/t15-,16-/m1/s1. The molecule has 7 nitrogen and oxygen atoms in total. The van der Waals surface area contributed by atoms with Gasteiger partial charge in [-0.25, -0.2) is 0 Å². The molecule has 0 bridgehead atoms. The Bertz CT molecular complexity index is 709. The first kappa shape index (κ1) is 19.1. The number of ether oxygens (including phenoxy) is 1. The van der Waals surface area contributed by atoms with Crippen molar-refractivity contribution >= 4 is 29.4 Å². The number of carbonyl (C=O) groups is 4. The number of likely N-dealkylation sites (N-methyl/N-ethyl adjacent to an activating group) is 1. The zero-order valence-electron chi connectivity index (χ0n) is 15.4. The molecule has 1 aromatic rings. The van der Waals surface area contributed by atoms with Crippen molar-refractivity contribution < 1.29 is 23.9 Å². The number of para-hydroxylation sites is 1. The molecule has 3 rings (SSSR count). The van der Waals surface area contributed by atoms with Gasteiger partial charge in [-0.1, -0.05) is 31.0 Å². The fourth-order valence-corrected chi connectivity index (χ4v) is 3.76. The lowest BCUT2D eigenvalue weighted by Gasteiger charge is -2.19. The molecule has 0 spiro atoms.